The molecule has 0 aromatic carbocycles. The lowest BCUT2D eigenvalue weighted by Crippen LogP contribution is -2.34. The molecule has 1 heterocycles. The maximum absolute atomic E-state index is 12.1. The highest BCUT2D eigenvalue weighted by atomic mass is 127. The van der Waals surface area contributed by atoms with Crippen LogP contribution >= 0.6 is 22.6 Å². The zero-order valence-electron chi connectivity index (χ0n) is 12.6. The molecular weight excluding hydrogens is 355 g/mol. The van der Waals surface area contributed by atoms with Crippen molar-refractivity contribution in [3.05, 3.63) is 25.4 Å². The number of hydrogen-bond donors (Lipinski definition) is 1. The zero-order chi connectivity index (χ0) is 14.8. The average Bonchev–Trinajstić information content (AvgIpc) is 2.31. The molecule has 108 valence electrons. The van der Waals surface area contributed by atoms with Gasteiger partial charge in [-0.1, -0.05) is 27.7 Å². The minimum absolute atomic E-state index is 0.0881. The van der Waals surface area contributed by atoms with Gasteiger partial charge in [0.05, 0.1) is 5.69 Å². The van der Waals surface area contributed by atoms with Crippen LogP contribution in [-0.4, -0.2) is 16.6 Å². The molecule has 1 rings (SSSR count). The molecule has 0 saturated heterocycles. The fourth-order valence-electron chi connectivity index (χ4n) is 1.86. The third-order valence-electron chi connectivity index (χ3n) is 3.21. The zero-order valence-corrected chi connectivity index (χ0v) is 14.7. The maximum Gasteiger partial charge on any atom is 0.264 e. The van der Waals surface area contributed by atoms with E-state index in [1.165, 1.54) is 0 Å². The number of nitrogens with zero attached hydrogens (tertiary/aromatic N) is 1. The molecule has 1 aromatic heterocycles. The molecule has 0 saturated carbocycles. The Morgan fingerprint density at radius 3 is 2.26 bits per heavy atom. The van der Waals surface area contributed by atoms with Crippen LogP contribution in [0.3, 0.4) is 0 Å². The van der Waals surface area contributed by atoms with E-state index in [4.69, 9.17) is 4.74 Å². The molecule has 0 fully saturated rings. The SMILES string of the molecule is CCOC(C)(CC)c1nc(C(C)(C)C)c(I)c(=O)[nH]1. The molecule has 0 bridgehead atoms. The van der Waals surface area contributed by atoms with Gasteiger partial charge in [-0.15, -0.1) is 0 Å². The molecule has 1 atom stereocenters. The van der Waals surface area contributed by atoms with Crippen LogP contribution in [0, 0.1) is 3.57 Å². The summed E-state index contributed by atoms with van der Waals surface area (Å²) in [4.78, 5) is 19.7. The Balaban J connectivity index is 3.47. The Bertz CT molecular complexity index is 505. The van der Waals surface area contributed by atoms with Crippen molar-refractivity contribution >= 4 is 22.6 Å². The summed E-state index contributed by atoms with van der Waals surface area (Å²) in [5.74, 6) is 0.618. The number of H-pyrrole nitrogens is 1. The van der Waals surface area contributed by atoms with Crippen molar-refractivity contribution < 1.29 is 4.74 Å². The molecule has 1 N–H and O–H groups in total. The summed E-state index contributed by atoms with van der Waals surface area (Å²) in [6, 6.07) is 0. The van der Waals surface area contributed by atoms with Gasteiger partial charge in [0.2, 0.25) is 0 Å². The van der Waals surface area contributed by atoms with E-state index in [-0.39, 0.29) is 11.0 Å². The van der Waals surface area contributed by atoms with Crippen LogP contribution in [0.1, 0.15) is 59.5 Å². The summed E-state index contributed by atoms with van der Waals surface area (Å²) in [5.41, 5.74) is 0.0275. The summed E-state index contributed by atoms with van der Waals surface area (Å²) in [5, 5.41) is 0. The highest BCUT2D eigenvalue weighted by Gasteiger charge is 2.31. The van der Waals surface area contributed by atoms with Gasteiger partial charge in [-0.3, -0.25) is 4.79 Å². The lowest BCUT2D eigenvalue weighted by Gasteiger charge is -2.29. The Kier molecular flexibility index (Phi) is 5.17. The fraction of sp³-hybridized carbons (Fsp3) is 0.714. The number of aromatic nitrogens is 2. The van der Waals surface area contributed by atoms with Gasteiger partial charge < -0.3 is 9.72 Å². The van der Waals surface area contributed by atoms with Crippen LogP contribution in [0.2, 0.25) is 0 Å². The molecule has 5 heteroatoms. The van der Waals surface area contributed by atoms with E-state index in [9.17, 15) is 4.79 Å². The standard InChI is InChI=1S/C14H23IN2O2/c1-7-14(6,19-8-2)12-16-10(13(3,4)5)9(15)11(18)17-12/h7-8H2,1-6H3,(H,16,17,18). The second-order valence-electron chi connectivity index (χ2n) is 5.84. The topological polar surface area (TPSA) is 55.0 Å². The molecule has 0 radical (unpaired) electrons. The van der Waals surface area contributed by atoms with E-state index in [1.807, 2.05) is 20.8 Å². The second-order valence-corrected chi connectivity index (χ2v) is 6.92. The number of aromatic amines is 1. The van der Waals surface area contributed by atoms with Crippen LogP contribution in [-0.2, 0) is 15.8 Å². The lowest BCUT2D eigenvalue weighted by molar-refractivity contribution is -0.0395. The van der Waals surface area contributed by atoms with E-state index in [0.29, 0.717) is 16.0 Å². The third kappa shape index (κ3) is 3.56. The second kappa shape index (κ2) is 5.91. The van der Waals surface area contributed by atoms with Gasteiger partial charge in [-0.2, -0.15) is 0 Å². The number of nitrogens with one attached hydrogen (secondary N) is 1. The smallest absolute Gasteiger partial charge is 0.264 e. The van der Waals surface area contributed by atoms with Crippen molar-refractivity contribution in [2.24, 2.45) is 0 Å². The summed E-state index contributed by atoms with van der Waals surface area (Å²) in [6.07, 6.45) is 0.758. The minimum atomic E-state index is -0.543. The Morgan fingerprint density at radius 2 is 1.84 bits per heavy atom. The van der Waals surface area contributed by atoms with E-state index in [2.05, 4.69) is 53.3 Å². The lowest BCUT2D eigenvalue weighted by atomic mass is 9.91. The number of hydrogen-bond acceptors (Lipinski definition) is 3. The first-order valence-electron chi connectivity index (χ1n) is 6.60. The maximum atomic E-state index is 12.1. The molecule has 1 unspecified atom stereocenters. The normalized spacial score (nSPS) is 15.3. The van der Waals surface area contributed by atoms with E-state index >= 15 is 0 Å². The first-order chi connectivity index (χ1) is 8.65. The van der Waals surface area contributed by atoms with Crippen molar-refractivity contribution in [1.82, 2.24) is 9.97 Å². The molecule has 0 amide bonds. The number of ether oxygens (including phenoxy) is 1. The van der Waals surface area contributed by atoms with Crippen molar-refractivity contribution in [2.45, 2.75) is 59.0 Å². The van der Waals surface area contributed by atoms with Gasteiger partial charge in [0.25, 0.3) is 5.56 Å². The van der Waals surface area contributed by atoms with E-state index in [0.717, 1.165) is 12.1 Å². The molecule has 4 nitrogen and oxygen atoms in total. The Labute approximate surface area is 128 Å². The van der Waals surface area contributed by atoms with Gasteiger partial charge in [-0.05, 0) is 42.9 Å². The van der Waals surface area contributed by atoms with E-state index in [1.54, 1.807) is 0 Å². The van der Waals surface area contributed by atoms with Gasteiger partial charge in [0, 0.05) is 12.0 Å². The third-order valence-corrected chi connectivity index (χ3v) is 4.21. The largest absolute Gasteiger partial charge is 0.368 e. The van der Waals surface area contributed by atoms with Crippen molar-refractivity contribution in [3.8, 4) is 0 Å². The van der Waals surface area contributed by atoms with Crippen LogP contribution < -0.4 is 5.56 Å². The number of halogens is 1. The molecule has 0 aliphatic carbocycles. The molecule has 0 spiro atoms. The molecule has 1 aromatic rings. The predicted molar refractivity (Wildman–Crippen MR) is 85.5 cm³/mol. The predicted octanol–water partition coefficient (Wildman–Crippen LogP) is 3.33. The van der Waals surface area contributed by atoms with E-state index < -0.39 is 5.60 Å². The van der Waals surface area contributed by atoms with Crippen molar-refractivity contribution in [1.29, 1.82) is 0 Å². The first kappa shape index (κ1) is 16.6. The van der Waals surface area contributed by atoms with Gasteiger partial charge in [-0.25, -0.2) is 4.98 Å². The van der Waals surface area contributed by atoms with Crippen molar-refractivity contribution in [3.63, 3.8) is 0 Å². The van der Waals surface area contributed by atoms with Gasteiger partial charge in [0.15, 0.2) is 0 Å². The summed E-state index contributed by atoms with van der Waals surface area (Å²) < 4.78 is 6.45. The van der Waals surface area contributed by atoms with Gasteiger partial charge >= 0.3 is 0 Å². The summed E-state index contributed by atoms with van der Waals surface area (Å²) in [6.45, 7) is 12.7. The quantitative estimate of drug-likeness (QED) is 0.818. The Hall–Kier alpha value is -0.430. The first-order valence-corrected chi connectivity index (χ1v) is 7.68. The molecule has 0 aliphatic rings. The van der Waals surface area contributed by atoms with Crippen LogP contribution in [0.25, 0.3) is 0 Å². The average molecular weight is 378 g/mol. The fourth-order valence-corrected chi connectivity index (χ4v) is 2.93. The molecular formula is C14H23IN2O2. The monoisotopic (exact) mass is 378 g/mol. The van der Waals surface area contributed by atoms with Gasteiger partial charge in [0.1, 0.15) is 15.0 Å². The highest BCUT2D eigenvalue weighted by Crippen LogP contribution is 2.29. The summed E-state index contributed by atoms with van der Waals surface area (Å²) >= 11 is 2.06. The van der Waals surface area contributed by atoms with Crippen LogP contribution in [0.15, 0.2) is 4.79 Å². The van der Waals surface area contributed by atoms with Crippen LogP contribution in [0.4, 0.5) is 0 Å². The molecule has 0 aliphatic heterocycles. The Morgan fingerprint density at radius 1 is 1.26 bits per heavy atom. The van der Waals surface area contributed by atoms with Crippen LogP contribution in [0.5, 0.6) is 0 Å². The highest BCUT2D eigenvalue weighted by molar-refractivity contribution is 14.1. The number of rotatable bonds is 4. The molecule has 19 heavy (non-hydrogen) atoms. The summed E-state index contributed by atoms with van der Waals surface area (Å²) in [7, 11) is 0. The minimum Gasteiger partial charge on any atom is -0.368 e. The van der Waals surface area contributed by atoms with Crippen molar-refractivity contribution in [2.75, 3.05) is 6.61 Å².